The van der Waals surface area contributed by atoms with Gasteiger partial charge in [-0.05, 0) is 55.5 Å². The maximum Gasteiger partial charge on any atom is 0.337 e. The molecule has 0 aliphatic heterocycles. The Bertz CT molecular complexity index is 1050. The van der Waals surface area contributed by atoms with Crippen LogP contribution >= 0.6 is 23.1 Å². The molecule has 6 nitrogen and oxygen atoms in total. The predicted octanol–water partition coefficient (Wildman–Crippen LogP) is 4.43. The Balaban J connectivity index is 2.01. The molecule has 0 fully saturated rings. The van der Waals surface area contributed by atoms with Gasteiger partial charge in [-0.15, -0.1) is 0 Å². The molecule has 3 aromatic rings. The fourth-order valence-corrected chi connectivity index (χ4v) is 3.33. The summed E-state index contributed by atoms with van der Waals surface area (Å²) in [5.74, 6) is 0.0608. The van der Waals surface area contributed by atoms with E-state index in [1.165, 1.54) is 18.6 Å². The third-order valence-electron chi connectivity index (χ3n) is 3.59. The summed E-state index contributed by atoms with van der Waals surface area (Å²) in [5.41, 5.74) is 2.15. The molecule has 0 spiro atoms. The Kier molecular flexibility index (Phi) is 5.73. The maximum absolute atomic E-state index is 11.6. The molecule has 0 aliphatic carbocycles. The number of hydrogen-bond donors (Lipinski definition) is 2. The fourth-order valence-electron chi connectivity index (χ4n) is 2.36. The summed E-state index contributed by atoms with van der Waals surface area (Å²) in [7, 11) is 1.34. The number of carbonyl (C=O) groups is 1. The van der Waals surface area contributed by atoms with E-state index in [9.17, 15) is 4.79 Å². The average Bonchev–Trinajstić information content (AvgIpc) is 2.99. The van der Waals surface area contributed by atoms with Gasteiger partial charge in [-0.3, -0.25) is 5.41 Å². The molecule has 138 valence electrons. The first kappa shape index (κ1) is 18.9. The molecule has 0 saturated heterocycles. The SMILES string of the molecule is COC(=O)c1ccc(N=C(Nc2cccc(Cl)c2)n2sc(C)cc2=N)cc1. The first-order valence-electron chi connectivity index (χ1n) is 8.01. The molecule has 27 heavy (non-hydrogen) atoms. The number of nitrogens with one attached hydrogen (secondary N) is 2. The van der Waals surface area contributed by atoms with Gasteiger partial charge < -0.3 is 10.1 Å². The minimum atomic E-state index is -0.403. The average molecular weight is 401 g/mol. The predicted molar refractivity (Wildman–Crippen MR) is 108 cm³/mol. The van der Waals surface area contributed by atoms with Crippen LogP contribution in [-0.4, -0.2) is 23.0 Å². The minimum Gasteiger partial charge on any atom is -0.465 e. The van der Waals surface area contributed by atoms with Crippen LogP contribution in [0.1, 0.15) is 15.2 Å². The lowest BCUT2D eigenvalue weighted by Gasteiger charge is -2.11. The zero-order valence-electron chi connectivity index (χ0n) is 14.7. The normalized spacial score (nSPS) is 11.3. The third kappa shape index (κ3) is 4.64. The molecule has 8 heteroatoms. The van der Waals surface area contributed by atoms with Crippen molar-refractivity contribution in [1.82, 2.24) is 3.96 Å². The second kappa shape index (κ2) is 8.20. The lowest BCUT2D eigenvalue weighted by atomic mass is 10.2. The molecular weight excluding hydrogens is 384 g/mol. The Morgan fingerprint density at radius 2 is 1.96 bits per heavy atom. The van der Waals surface area contributed by atoms with Crippen molar-refractivity contribution in [2.75, 3.05) is 12.4 Å². The maximum atomic E-state index is 11.6. The first-order chi connectivity index (χ1) is 13.0. The van der Waals surface area contributed by atoms with Crippen LogP contribution in [-0.2, 0) is 4.74 Å². The highest BCUT2D eigenvalue weighted by atomic mass is 35.5. The van der Waals surface area contributed by atoms with Crippen molar-refractivity contribution >= 4 is 46.4 Å². The van der Waals surface area contributed by atoms with Gasteiger partial charge in [0.15, 0.2) is 0 Å². The van der Waals surface area contributed by atoms with E-state index in [1.807, 2.05) is 19.1 Å². The number of aryl methyl sites for hydroxylation is 1. The van der Waals surface area contributed by atoms with Gasteiger partial charge in [0.1, 0.15) is 5.49 Å². The van der Waals surface area contributed by atoms with E-state index in [2.05, 4.69) is 10.3 Å². The Hall–Kier alpha value is -2.90. The molecule has 3 rings (SSSR count). The summed E-state index contributed by atoms with van der Waals surface area (Å²) < 4.78 is 6.39. The van der Waals surface area contributed by atoms with Gasteiger partial charge in [0.25, 0.3) is 0 Å². The molecule has 0 unspecified atom stereocenters. The molecular formula is C19H17ClN4O2S. The molecule has 0 bridgehead atoms. The lowest BCUT2D eigenvalue weighted by Crippen LogP contribution is -2.28. The summed E-state index contributed by atoms with van der Waals surface area (Å²) in [5, 5.41) is 12.0. The van der Waals surface area contributed by atoms with E-state index >= 15 is 0 Å². The molecule has 0 saturated carbocycles. The number of halogens is 1. The van der Waals surface area contributed by atoms with Crippen LogP contribution in [0.15, 0.2) is 59.6 Å². The fraction of sp³-hybridized carbons (Fsp3) is 0.105. The monoisotopic (exact) mass is 400 g/mol. The number of aromatic nitrogens is 1. The Labute approximate surface area is 165 Å². The summed E-state index contributed by atoms with van der Waals surface area (Å²) in [6.07, 6.45) is 0. The zero-order valence-corrected chi connectivity index (χ0v) is 16.3. The van der Waals surface area contributed by atoms with E-state index in [-0.39, 0.29) is 0 Å². The van der Waals surface area contributed by atoms with Crippen LogP contribution in [0.3, 0.4) is 0 Å². The van der Waals surface area contributed by atoms with Gasteiger partial charge in [-0.1, -0.05) is 29.2 Å². The summed E-state index contributed by atoms with van der Waals surface area (Å²) >= 11 is 7.47. The van der Waals surface area contributed by atoms with Crippen LogP contribution in [0.2, 0.25) is 5.02 Å². The van der Waals surface area contributed by atoms with Crippen molar-refractivity contribution in [2.24, 2.45) is 4.99 Å². The van der Waals surface area contributed by atoms with Crippen LogP contribution in [0.25, 0.3) is 0 Å². The van der Waals surface area contributed by atoms with Crippen LogP contribution < -0.4 is 10.8 Å². The van der Waals surface area contributed by atoms with Gasteiger partial charge in [0.05, 0.1) is 18.4 Å². The first-order valence-corrected chi connectivity index (χ1v) is 9.16. The van der Waals surface area contributed by atoms with Crippen molar-refractivity contribution in [3.63, 3.8) is 0 Å². The Morgan fingerprint density at radius 3 is 2.56 bits per heavy atom. The lowest BCUT2D eigenvalue weighted by molar-refractivity contribution is 0.0601. The quantitative estimate of drug-likeness (QED) is 0.388. The summed E-state index contributed by atoms with van der Waals surface area (Å²) in [6.45, 7) is 1.93. The van der Waals surface area contributed by atoms with Gasteiger partial charge in [-0.2, -0.15) is 0 Å². The van der Waals surface area contributed by atoms with Gasteiger partial charge in [0.2, 0.25) is 5.96 Å². The van der Waals surface area contributed by atoms with E-state index in [4.69, 9.17) is 21.7 Å². The van der Waals surface area contributed by atoms with Crippen molar-refractivity contribution in [2.45, 2.75) is 6.92 Å². The van der Waals surface area contributed by atoms with Gasteiger partial charge >= 0.3 is 5.97 Å². The largest absolute Gasteiger partial charge is 0.465 e. The highest BCUT2D eigenvalue weighted by molar-refractivity contribution is 7.07. The van der Waals surface area contributed by atoms with Crippen LogP contribution in [0.5, 0.6) is 0 Å². The van der Waals surface area contributed by atoms with E-state index < -0.39 is 5.97 Å². The number of carbonyl (C=O) groups excluding carboxylic acids is 1. The summed E-state index contributed by atoms with van der Waals surface area (Å²) in [4.78, 5) is 17.2. The molecule has 1 heterocycles. The van der Waals surface area contributed by atoms with E-state index in [0.29, 0.717) is 27.7 Å². The zero-order chi connectivity index (χ0) is 19.4. The molecule has 0 amide bonds. The van der Waals surface area contributed by atoms with E-state index in [0.717, 1.165) is 10.6 Å². The van der Waals surface area contributed by atoms with E-state index in [1.54, 1.807) is 46.4 Å². The molecule has 0 radical (unpaired) electrons. The molecule has 1 aromatic heterocycles. The highest BCUT2D eigenvalue weighted by Gasteiger charge is 2.09. The number of anilines is 1. The second-order valence-electron chi connectivity index (χ2n) is 5.64. The number of methoxy groups -OCH3 is 1. The number of esters is 1. The van der Waals surface area contributed by atoms with Gasteiger partial charge in [-0.25, -0.2) is 13.7 Å². The number of benzene rings is 2. The van der Waals surface area contributed by atoms with Gasteiger partial charge in [0, 0.05) is 15.6 Å². The topological polar surface area (TPSA) is 79.5 Å². The number of aliphatic imine (C=N–C) groups is 1. The van der Waals surface area contributed by atoms with Crippen LogP contribution in [0, 0.1) is 12.3 Å². The van der Waals surface area contributed by atoms with Crippen molar-refractivity contribution in [3.8, 4) is 0 Å². The second-order valence-corrected chi connectivity index (χ2v) is 7.26. The molecule has 0 atom stereocenters. The Morgan fingerprint density at radius 1 is 1.22 bits per heavy atom. The number of rotatable bonds is 3. The van der Waals surface area contributed by atoms with Crippen molar-refractivity contribution < 1.29 is 9.53 Å². The smallest absolute Gasteiger partial charge is 0.337 e. The van der Waals surface area contributed by atoms with Crippen LogP contribution in [0.4, 0.5) is 11.4 Å². The third-order valence-corrected chi connectivity index (χ3v) is 4.78. The number of hydrogen-bond acceptors (Lipinski definition) is 5. The highest BCUT2D eigenvalue weighted by Crippen LogP contribution is 2.18. The van der Waals surface area contributed by atoms with Crippen molar-refractivity contribution in [3.05, 3.63) is 75.5 Å². The summed E-state index contributed by atoms with van der Waals surface area (Å²) in [6, 6.07) is 15.8. The minimum absolute atomic E-state index is 0.317. The standard InChI is InChI=1S/C19H17ClN4O2S/c1-12-10-17(21)24(27-12)19(23-16-5-3-4-14(20)11-16)22-15-8-6-13(7-9-15)18(25)26-2/h3-11,21H,1-2H3,(H,22,23). The molecule has 2 N–H and O–H groups in total. The molecule has 0 aliphatic rings. The number of ether oxygens (including phenoxy) is 1. The van der Waals surface area contributed by atoms with Crippen molar-refractivity contribution in [1.29, 1.82) is 5.41 Å². The number of nitrogens with zero attached hydrogens (tertiary/aromatic N) is 2. The molecule has 2 aromatic carbocycles.